The van der Waals surface area contributed by atoms with Gasteiger partial charge in [-0.3, -0.25) is 9.17 Å². The maximum atomic E-state index is 12.5. The van der Waals surface area contributed by atoms with E-state index in [0.717, 1.165) is 29.9 Å². The van der Waals surface area contributed by atoms with E-state index in [-0.39, 0.29) is 12.0 Å². The first kappa shape index (κ1) is 17.9. The van der Waals surface area contributed by atoms with Gasteiger partial charge in [0, 0.05) is 18.7 Å². The Balaban J connectivity index is 1.50. The number of aryl methyl sites for hydroxylation is 1. The van der Waals surface area contributed by atoms with Crippen molar-refractivity contribution < 1.29 is 13.1 Å². The van der Waals surface area contributed by atoms with Gasteiger partial charge in [-0.1, -0.05) is 29.3 Å². The number of morpholine rings is 1. The number of pyridine rings is 1. The number of benzene rings is 1. The first-order valence-electron chi connectivity index (χ1n) is 8.72. The van der Waals surface area contributed by atoms with Gasteiger partial charge in [0.15, 0.2) is 11.1 Å². The van der Waals surface area contributed by atoms with Gasteiger partial charge in [0.25, 0.3) is 0 Å². The van der Waals surface area contributed by atoms with E-state index in [9.17, 15) is 4.21 Å². The lowest BCUT2D eigenvalue weighted by molar-refractivity contribution is 0.0615. The molecule has 0 amide bonds. The molecule has 138 valence electrons. The summed E-state index contributed by atoms with van der Waals surface area (Å²) in [6.07, 6.45) is 2.45. The number of anilines is 1. The molecule has 2 aromatic rings. The third-order valence-electron chi connectivity index (χ3n) is 4.99. The lowest BCUT2D eigenvalue weighted by Crippen LogP contribution is -2.54. The monoisotopic (exact) mass is 392 g/mol. The largest absolute Gasteiger partial charge is 0.377 e. The van der Waals surface area contributed by atoms with Crippen molar-refractivity contribution in [3.8, 4) is 0 Å². The molecular weight excluding hydrogens is 372 g/mol. The lowest BCUT2D eigenvalue weighted by Gasteiger charge is -2.45. The number of ether oxygens (including phenoxy) is 1. The summed E-state index contributed by atoms with van der Waals surface area (Å²) in [5, 5.41) is 0.643. The highest BCUT2D eigenvalue weighted by Gasteiger charge is 2.37. The zero-order valence-electron chi connectivity index (χ0n) is 14.6. The van der Waals surface area contributed by atoms with Crippen molar-refractivity contribution in [1.29, 1.82) is 0 Å². The Kier molecular flexibility index (Phi) is 5.27. The molecule has 1 fully saturated rings. The smallest absolute Gasteiger partial charge is 0.189 e. The fourth-order valence-electron chi connectivity index (χ4n) is 3.60. The molecule has 3 heterocycles. The van der Waals surface area contributed by atoms with Crippen LogP contribution in [0.4, 0.5) is 5.69 Å². The molecule has 4 rings (SSSR count). The Morgan fingerprint density at radius 2 is 2.19 bits per heavy atom. The van der Waals surface area contributed by atoms with Crippen LogP contribution in [0.2, 0.25) is 5.02 Å². The first-order chi connectivity index (χ1) is 12.6. The van der Waals surface area contributed by atoms with Gasteiger partial charge in [0.2, 0.25) is 0 Å². The number of halogens is 1. The van der Waals surface area contributed by atoms with Gasteiger partial charge < -0.3 is 9.64 Å². The lowest BCUT2D eigenvalue weighted by atomic mass is 9.88. The van der Waals surface area contributed by atoms with Crippen molar-refractivity contribution in [3.63, 3.8) is 0 Å². The zero-order valence-corrected chi connectivity index (χ0v) is 16.1. The van der Waals surface area contributed by atoms with Crippen molar-refractivity contribution in [2.24, 2.45) is 5.92 Å². The summed E-state index contributed by atoms with van der Waals surface area (Å²) in [5.74, 6) is 0.172. The van der Waals surface area contributed by atoms with Gasteiger partial charge in [0.1, 0.15) is 0 Å². The van der Waals surface area contributed by atoms with Crippen LogP contribution < -0.4 is 4.90 Å². The molecule has 0 aliphatic carbocycles. The van der Waals surface area contributed by atoms with Crippen molar-refractivity contribution in [3.05, 3.63) is 52.8 Å². The van der Waals surface area contributed by atoms with E-state index in [4.69, 9.17) is 20.5 Å². The second-order valence-electron chi connectivity index (χ2n) is 6.75. The Hall–Kier alpha value is -1.47. The minimum atomic E-state index is -1.47. The maximum absolute atomic E-state index is 12.5. The van der Waals surface area contributed by atoms with E-state index in [2.05, 4.69) is 9.88 Å². The molecule has 7 heteroatoms. The molecular formula is C19H21ClN2O3S. The molecule has 3 unspecified atom stereocenters. The summed E-state index contributed by atoms with van der Waals surface area (Å²) in [7, 11) is 0. The Morgan fingerprint density at radius 3 is 3.00 bits per heavy atom. The number of aromatic nitrogens is 1. The van der Waals surface area contributed by atoms with E-state index < -0.39 is 11.1 Å². The molecule has 1 aromatic heterocycles. The van der Waals surface area contributed by atoms with Crippen LogP contribution in [0.1, 0.15) is 11.3 Å². The topological polar surface area (TPSA) is 51.7 Å². The molecule has 1 saturated heterocycles. The highest BCUT2D eigenvalue weighted by molar-refractivity contribution is 7.80. The summed E-state index contributed by atoms with van der Waals surface area (Å²) in [6, 6.07) is 9.74. The average Bonchev–Trinajstić information content (AvgIpc) is 2.66. The summed E-state index contributed by atoms with van der Waals surface area (Å²) in [4.78, 5) is 7.51. The summed E-state index contributed by atoms with van der Waals surface area (Å²) in [6.45, 7) is 4.53. The molecule has 1 aromatic carbocycles. The minimum Gasteiger partial charge on any atom is -0.377 e. The van der Waals surface area contributed by atoms with Gasteiger partial charge in [0.05, 0.1) is 47.2 Å². The number of hydrogen-bond donors (Lipinski definition) is 0. The molecule has 0 radical (unpaired) electrons. The highest BCUT2D eigenvalue weighted by atomic mass is 35.5. The van der Waals surface area contributed by atoms with Crippen LogP contribution in [0.15, 0.2) is 41.4 Å². The van der Waals surface area contributed by atoms with Gasteiger partial charge >= 0.3 is 0 Å². The van der Waals surface area contributed by atoms with E-state index in [1.54, 1.807) is 6.20 Å². The third kappa shape index (κ3) is 3.64. The molecule has 0 N–H and O–H groups in total. The molecule has 0 saturated carbocycles. The van der Waals surface area contributed by atoms with Gasteiger partial charge in [-0.2, -0.15) is 0 Å². The van der Waals surface area contributed by atoms with Crippen LogP contribution in [-0.2, 0) is 26.4 Å². The predicted octanol–water partition coefficient (Wildman–Crippen LogP) is 3.16. The Morgan fingerprint density at radius 1 is 1.38 bits per heavy atom. The fraction of sp³-hybridized carbons (Fsp3) is 0.421. The summed E-state index contributed by atoms with van der Waals surface area (Å²) >= 11 is 4.67. The molecule has 26 heavy (non-hydrogen) atoms. The summed E-state index contributed by atoms with van der Waals surface area (Å²) in [5.41, 5.74) is 3.23. The van der Waals surface area contributed by atoms with Crippen molar-refractivity contribution >= 4 is 28.4 Å². The Bertz CT molecular complexity index is 815. The predicted molar refractivity (Wildman–Crippen MR) is 102 cm³/mol. The number of rotatable bonds is 4. The maximum Gasteiger partial charge on any atom is 0.189 e. The first-order valence-corrected chi connectivity index (χ1v) is 10.2. The second kappa shape index (κ2) is 7.64. The van der Waals surface area contributed by atoms with Crippen LogP contribution in [0.5, 0.6) is 0 Å². The zero-order chi connectivity index (χ0) is 18.1. The van der Waals surface area contributed by atoms with Crippen LogP contribution in [0, 0.1) is 12.8 Å². The van der Waals surface area contributed by atoms with E-state index >= 15 is 0 Å². The SMILES string of the molecule is Cc1ccc(S(=O)OCC2Cc3ncc(Cl)cc3N3CCOCC23)cc1. The summed E-state index contributed by atoms with van der Waals surface area (Å²) < 4.78 is 23.9. The normalized spacial score (nSPS) is 23.2. The van der Waals surface area contributed by atoms with E-state index in [1.165, 1.54) is 0 Å². The number of nitrogens with zero attached hydrogens (tertiary/aromatic N) is 2. The van der Waals surface area contributed by atoms with Crippen LogP contribution >= 0.6 is 11.6 Å². The van der Waals surface area contributed by atoms with Crippen LogP contribution in [0.3, 0.4) is 0 Å². The third-order valence-corrected chi connectivity index (χ3v) is 6.21. The molecule has 0 spiro atoms. The van der Waals surface area contributed by atoms with Gasteiger partial charge in [-0.25, -0.2) is 4.21 Å². The molecule has 0 bridgehead atoms. The molecule has 3 atom stereocenters. The van der Waals surface area contributed by atoms with Crippen LogP contribution in [0.25, 0.3) is 0 Å². The van der Waals surface area contributed by atoms with Crippen molar-refractivity contribution in [2.75, 3.05) is 31.3 Å². The highest BCUT2D eigenvalue weighted by Crippen LogP contribution is 2.36. The number of fused-ring (bicyclic) bond motifs is 3. The van der Waals surface area contributed by atoms with Gasteiger partial charge in [-0.05, 0) is 31.5 Å². The standard InChI is InChI=1S/C19H21ClN2O3S/c1-13-2-4-16(5-3-13)26(23)25-11-14-8-17-18(9-15(20)10-21-17)22-6-7-24-12-19(14)22/h2-5,9-10,14,19H,6-8,11-12H2,1H3. The van der Waals surface area contributed by atoms with E-state index in [1.807, 2.05) is 37.3 Å². The molecule has 5 nitrogen and oxygen atoms in total. The van der Waals surface area contributed by atoms with Crippen molar-refractivity contribution in [2.45, 2.75) is 24.3 Å². The average molecular weight is 393 g/mol. The Labute approximate surface area is 160 Å². The van der Waals surface area contributed by atoms with Crippen molar-refractivity contribution in [1.82, 2.24) is 4.98 Å². The molecule has 2 aliphatic heterocycles. The fourth-order valence-corrected chi connectivity index (χ4v) is 4.54. The molecule has 2 aliphatic rings. The van der Waals surface area contributed by atoms with Gasteiger partial charge in [-0.15, -0.1) is 0 Å². The quantitative estimate of drug-likeness (QED) is 0.800. The van der Waals surface area contributed by atoms with Crippen LogP contribution in [-0.4, -0.2) is 41.6 Å². The minimum absolute atomic E-state index is 0.172. The number of hydrogen-bond acceptors (Lipinski definition) is 5. The second-order valence-corrected chi connectivity index (χ2v) is 8.36. The van der Waals surface area contributed by atoms with E-state index in [0.29, 0.717) is 29.7 Å².